The van der Waals surface area contributed by atoms with Crippen molar-refractivity contribution in [3.8, 4) is 0 Å². The van der Waals surface area contributed by atoms with Crippen LogP contribution in [0.3, 0.4) is 0 Å². The van der Waals surface area contributed by atoms with Gasteiger partial charge in [-0.25, -0.2) is 14.5 Å². The molecule has 2 N–H and O–H groups in total. The van der Waals surface area contributed by atoms with Crippen molar-refractivity contribution in [1.29, 1.82) is 0 Å². The fraction of sp³-hybridized carbons (Fsp3) is 0.381. The molecule has 178 valence electrons. The topological polar surface area (TPSA) is 121 Å². The third-order valence-electron chi connectivity index (χ3n) is 5.87. The van der Waals surface area contributed by atoms with Crippen LogP contribution in [-0.4, -0.2) is 81.1 Å². The van der Waals surface area contributed by atoms with Gasteiger partial charge in [-0.3, -0.25) is 4.79 Å². The molecule has 0 spiro atoms. The molecule has 0 bridgehead atoms. The van der Waals surface area contributed by atoms with Crippen LogP contribution in [0.1, 0.15) is 16.8 Å². The predicted molar refractivity (Wildman–Crippen MR) is 131 cm³/mol. The van der Waals surface area contributed by atoms with E-state index in [0.717, 1.165) is 22.9 Å². The molecule has 4 aromatic rings. The Morgan fingerprint density at radius 1 is 1.21 bits per heavy atom. The van der Waals surface area contributed by atoms with Crippen LogP contribution >= 0.6 is 23.7 Å². The maximum Gasteiger partial charge on any atom is 0.261 e. The summed E-state index contributed by atoms with van der Waals surface area (Å²) in [4.78, 5) is 31.2. The number of pyridine rings is 1. The Morgan fingerprint density at radius 3 is 2.85 bits per heavy atom. The quantitative estimate of drug-likeness (QED) is 0.430. The monoisotopic (exact) mass is 502 g/mol. The lowest BCUT2D eigenvalue weighted by Crippen LogP contribution is -2.36. The highest BCUT2D eigenvalue weighted by atomic mass is 35.5. The Hall–Kier alpha value is -3.06. The predicted octanol–water partition coefficient (Wildman–Crippen LogP) is 1.82. The number of rotatable bonds is 4. The van der Waals surface area contributed by atoms with E-state index < -0.39 is 6.10 Å². The van der Waals surface area contributed by atoms with Crippen molar-refractivity contribution in [2.45, 2.75) is 12.5 Å². The number of anilines is 3. The average molecular weight is 503 g/mol. The molecule has 13 heteroatoms. The summed E-state index contributed by atoms with van der Waals surface area (Å²) in [6.07, 6.45) is 5.11. The Balaban J connectivity index is 0.00000241. The fourth-order valence-electron chi connectivity index (χ4n) is 4.18. The number of β-amino-alcohol motifs (C(OH)–C–C–N with tert-alkyl or cyclic N) is 1. The van der Waals surface area contributed by atoms with Crippen LogP contribution in [0.5, 0.6) is 0 Å². The first kappa shape index (κ1) is 22.7. The Labute approximate surface area is 204 Å². The molecule has 6 rings (SSSR count). The van der Waals surface area contributed by atoms with E-state index in [1.54, 1.807) is 34.3 Å². The van der Waals surface area contributed by atoms with Crippen molar-refractivity contribution in [1.82, 2.24) is 24.6 Å². The number of carbonyl (C=O) groups is 1. The highest BCUT2D eigenvalue weighted by Crippen LogP contribution is 2.36. The maximum absolute atomic E-state index is 13.2. The highest BCUT2D eigenvalue weighted by molar-refractivity contribution is 7.22. The number of hydrogen-bond acceptors (Lipinski definition) is 10. The lowest BCUT2D eigenvalue weighted by atomic mass is 10.3. The summed E-state index contributed by atoms with van der Waals surface area (Å²) in [5.41, 5.74) is 2.07. The molecule has 34 heavy (non-hydrogen) atoms. The van der Waals surface area contributed by atoms with Gasteiger partial charge in [-0.2, -0.15) is 10.1 Å². The number of aliphatic hydroxyl groups is 1. The molecular formula is C21H23ClN8O3S. The number of fused-ring (bicyclic) bond motifs is 2. The van der Waals surface area contributed by atoms with Gasteiger partial charge in [0.25, 0.3) is 5.91 Å². The molecule has 0 radical (unpaired) electrons. The van der Waals surface area contributed by atoms with E-state index in [2.05, 4.69) is 20.3 Å². The Bertz CT molecular complexity index is 1340. The summed E-state index contributed by atoms with van der Waals surface area (Å²) in [6, 6.07) is 3.67. The number of nitrogens with zero attached hydrogens (tertiary/aromatic N) is 7. The zero-order valence-electron chi connectivity index (χ0n) is 18.1. The van der Waals surface area contributed by atoms with E-state index in [9.17, 15) is 9.90 Å². The molecule has 6 heterocycles. The number of thiazole rings is 1. The van der Waals surface area contributed by atoms with Crippen LogP contribution in [0.2, 0.25) is 0 Å². The number of morpholine rings is 1. The third kappa shape index (κ3) is 4.13. The van der Waals surface area contributed by atoms with E-state index in [-0.39, 0.29) is 18.3 Å². The molecule has 1 atom stereocenters. The smallest absolute Gasteiger partial charge is 0.261 e. The highest BCUT2D eigenvalue weighted by Gasteiger charge is 2.27. The van der Waals surface area contributed by atoms with Gasteiger partial charge in [-0.15, -0.1) is 12.4 Å². The van der Waals surface area contributed by atoms with Crippen molar-refractivity contribution in [2.75, 3.05) is 54.5 Å². The van der Waals surface area contributed by atoms with Crippen LogP contribution in [0.15, 0.2) is 30.7 Å². The average Bonchev–Trinajstić information content (AvgIpc) is 3.56. The van der Waals surface area contributed by atoms with Crippen molar-refractivity contribution in [3.63, 3.8) is 0 Å². The molecule has 0 saturated carbocycles. The number of aromatic nitrogens is 5. The number of amides is 1. The molecule has 0 aliphatic carbocycles. The van der Waals surface area contributed by atoms with Crippen LogP contribution in [0.25, 0.3) is 16.0 Å². The number of aliphatic hydroxyl groups excluding tert-OH is 1. The van der Waals surface area contributed by atoms with Gasteiger partial charge in [0.1, 0.15) is 5.56 Å². The van der Waals surface area contributed by atoms with Gasteiger partial charge >= 0.3 is 0 Å². The first-order valence-electron chi connectivity index (χ1n) is 10.8. The molecule has 2 aliphatic rings. The standard InChI is InChI=1S/C21H22N8O3S.ClH/c30-13-2-5-28(12-13)19-15(24-20(31)14-11-23-29-4-1-3-22-18(14)29)10-16-17(25-19)26-21(33-16)27-6-8-32-9-7-27;/h1,3-4,10-11,13,30H,2,5-9,12H2,(H,24,31);1H/t13-;/m1./s1. The number of carbonyl (C=O) groups excluding carboxylic acids is 1. The number of hydrogen-bond donors (Lipinski definition) is 2. The van der Waals surface area contributed by atoms with Crippen molar-refractivity contribution < 1.29 is 14.6 Å². The summed E-state index contributed by atoms with van der Waals surface area (Å²) in [5.74, 6) is 0.291. The SMILES string of the molecule is Cl.O=C(Nc1cc2sc(N3CCOCC3)nc2nc1N1CC[C@@H](O)C1)c1cnn2cccnc12. The molecular weight excluding hydrogens is 480 g/mol. The van der Waals surface area contributed by atoms with E-state index >= 15 is 0 Å². The summed E-state index contributed by atoms with van der Waals surface area (Å²) in [6.45, 7) is 4.04. The van der Waals surface area contributed by atoms with E-state index in [4.69, 9.17) is 14.7 Å². The summed E-state index contributed by atoms with van der Waals surface area (Å²) >= 11 is 1.55. The zero-order valence-corrected chi connectivity index (χ0v) is 19.8. The second-order valence-electron chi connectivity index (χ2n) is 8.07. The number of nitrogens with one attached hydrogen (secondary N) is 1. The van der Waals surface area contributed by atoms with E-state index in [1.807, 2.05) is 11.0 Å². The van der Waals surface area contributed by atoms with Crippen molar-refractivity contribution in [3.05, 3.63) is 36.3 Å². The van der Waals surface area contributed by atoms with Gasteiger partial charge in [-0.05, 0) is 18.6 Å². The first-order valence-corrected chi connectivity index (χ1v) is 11.6. The van der Waals surface area contributed by atoms with Gasteiger partial charge in [-0.1, -0.05) is 11.3 Å². The summed E-state index contributed by atoms with van der Waals surface area (Å²) < 4.78 is 7.89. The molecule has 2 aliphatic heterocycles. The van der Waals surface area contributed by atoms with Crippen LogP contribution in [0, 0.1) is 0 Å². The van der Waals surface area contributed by atoms with Gasteiger partial charge < -0.3 is 25.0 Å². The molecule has 0 unspecified atom stereocenters. The fourth-order valence-corrected chi connectivity index (χ4v) is 5.18. The Kier molecular flexibility index (Phi) is 6.21. The molecule has 2 fully saturated rings. The van der Waals surface area contributed by atoms with Gasteiger partial charge in [0.05, 0.1) is 35.9 Å². The minimum Gasteiger partial charge on any atom is -0.391 e. The lowest BCUT2D eigenvalue weighted by Gasteiger charge is -2.25. The van der Waals surface area contributed by atoms with E-state index in [1.165, 1.54) is 6.20 Å². The summed E-state index contributed by atoms with van der Waals surface area (Å²) in [5, 5.41) is 18.2. The van der Waals surface area contributed by atoms with Crippen molar-refractivity contribution in [2.24, 2.45) is 0 Å². The molecule has 11 nitrogen and oxygen atoms in total. The maximum atomic E-state index is 13.2. The van der Waals surface area contributed by atoms with Gasteiger partial charge in [0, 0.05) is 38.6 Å². The zero-order chi connectivity index (χ0) is 22.4. The largest absolute Gasteiger partial charge is 0.391 e. The van der Waals surface area contributed by atoms with Crippen molar-refractivity contribution >= 4 is 62.3 Å². The van der Waals surface area contributed by atoms with Gasteiger partial charge in [0.15, 0.2) is 22.2 Å². The van der Waals surface area contributed by atoms with Crippen LogP contribution in [-0.2, 0) is 4.74 Å². The second-order valence-corrected chi connectivity index (χ2v) is 9.07. The summed E-state index contributed by atoms with van der Waals surface area (Å²) in [7, 11) is 0. The van der Waals surface area contributed by atoms with E-state index in [0.29, 0.717) is 61.1 Å². The number of ether oxygens (including phenoxy) is 1. The lowest BCUT2D eigenvalue weighted by molar-refractivity contribution is 0.102. The molecule has 4 aromatic heterocycles. The third-order valence-corrected chi connectivity index (χ3v) is 6.92. The normalized spacial score (nSPS) is 18.4. The molecule has 0 aromatic carbocycles. The second kappa shape index (κ2) is 9.29. The molecule has 2 saturated heterocycles. The number of halogens is 1. The minimum absolute atomic E-state index is 0. The Morgan fingerprint density at radius 2 is 2.06 bits per heavy atom. The van der Waals surface area contributed by atoms with Crippen LogP contribution in [0.4, 0.5) is 16.6 Å². The molecule has 1 amide bonds. The first-order chi connectivity index (χ1) is 16.2. The van der Waals surface area contributed by atoms with Gasteiger partial charge in [0.2, 0.25) is 0 Å². The minimum atomic E-state index is -0.422. The van der Waals surface area contributed by atoms with Crippen LogP contribution < -0.4 is 15.1 Å².